The van der Waals surface area contributed by atoms with Crippen LogP contribution in [0.5, 0.6) is 0 Å². The quantitative estimate of drug-likeness (QED) is 0.407. The third kappa shape index (κ3) is 5.47. The normalized spacial score (nSPS) is 11.6. The van der Waals surface area contributed by atoms with E-state index < -0.39 is 10.0 Å². The average Bonchev–Trinajstić information content (AvgIpc) is 2.85. The number of aromatic nitrogens is 2. The Morgan fingerprint density at radius 1 is 1.00 bits per heavy atom. The van der Waals surface area contributed by atoms with E-state index in [9.17, 15) is 18.0 Å². The molecule has 4 aromatic rings. The molecule has 35 heavy (non-hydrogen) atoms. The van der Waals surface area contributed by atoms with Gasteiger partial charge in [0.1, 0.15) is 0 Å². The fourth-order valence-electron chi connectivity index (χ4n) is 3.76. The van der Waals surface area contributed by atoms with Crippen LogP contribution >= 0.6 is 0 Å². The van der Waals surface area contributed by atoms with Crippen LogP contribution in [0.3, 0.4) is 0 Å². The summed E-state index contributed by atoms with van der Waals surface area (Å²) in [4.78, 5) is 29.6. The molecule has 1 aromatic heterocycles. The second-order valence-electron chi connectivity index (χ2n) is 8.28. The maximum absolute atomic E-state index is 12.9. The monoisotopic (exact) mass is 490 g/mol. The molecule has 8 nitrogen and oxygen atoms in total. The maximum Gasteiger partial charge on any atom is 0.261 e. The zero-order valence-electron chi connectivity index (χ0n) is 19.5. The van der Waals surface area contributed by atoms with Crippen LogP contribution in [0.2, 0.25) is 0 Å². The van der Waals surface area contributed by atoms with Gasteiger partial charge in [-0.1, -0.05) is 42.5 Å². The molecule has 0 saturated carbocycles. The number of aryl methyl sites for hydroxylation is 2. The zero-order chi connectivity index (χ0) is 25.0. The van der Waals surface area contributed by atoms with Crippen LogP contribution in [0.15, 0.2) is 88.8 Å². The molecule has 0 fully saturated rings. The molecule has 1 amide bonds. The lowest BCUT2D eigenvalue weighted by Crippen LogP contribution is -2.26. The van der Waals surface area contributed by atoms with Gasteiger partial charge in [0.25, 0.3) is 5.56 Å². The van der Waals surface area contributed by atoms with Gasteiger partial charge in [-0.15, -0.1) is 0 Å². The third-order valence-corrected chi connectivity index (χ3v) is 7.55. The minimum Gasteiger partial charge on any atom is -0.326 e. The molecule has 9 heteroatoms. The first-order chi connectivity index (χ1) is 16.8. The first kappa shape index (κ1) is 24.3. The number of carbonyl (C=O) groups excluding carboxylic acids is 1. The van der Waals surface area contributed by atoms with Crippen molar-refractivity contribution in [3.05, 3.63) is 101 Å². The van der Waals surface area contributed by atoms with Crippen molar-refractivity contribution in [2.24, 2.45) is 0 Å². The van der Waals surface area contributed by atoms with Gasteiger partial charge in [-0.05, 0) is 48.4 Å². The minimum absolute atomic E-state index is 0.0682. The second kappa shape index (κ2) is 10.2. The molecule has 3 aromatic carbocycles. The van der Waals surface area contributed by atoms with E-state index in [4.69, 9.17) is 0 Å². The van der Waals surface area contributed by atoms with Gasteiger partial charge in [-0.3, -0.25) is 14.2 Å². The lowest BCUT2D eigenvalue weighted by Gasteiger charge is -2.17. The summed E-state index contributed by atoms with van der Waals surface area (Å²) in [6, 6.07) is 20.8. The summed E-state index contributed by atoms with van der Waals surface area (Å²) >= 11 is 0. The number of anilines is 1. The summed E-state index contributed by atoms with van der Waals surface area (Å²) in [6.07, 6.45) is 1.52. The van der Waals surface area contributed by atoms with E-state index in [1.54, 1.807) is 24.3 Å². The van der Waals surface area contributed by atoms with E-state index in [0.717, 1.165) is 11.1 Å². The lowest BCUT2D eigenvalue weighted by molar-refractivity contribution is -0.116. The number of nitrogens with one attached hydrogen (secondary N) is 1. The molecule has 0 atom stereocenters. The summed E-state index contributed by atoms with van der Waals surface area (Å²) in [5.41, 5.74) is 2.74. The van der Waals surface area contributed by atoms with E-state index in [1.807, 2.05) is 43.3 Å². The van der Waals surface area contributed by atoms with Crippen LogP contribution < -0.4 is 10.9 Å². The number of fused-ring (bicyclic) bond motifs is 1. The molecule has 0 aliphatic rings. The molecule has 0 radical (unpaired) electrons. The van der Waals surface area contributed by atoms with Crippen molar-refractivity contribution in [3.8, 4) is 0 Å². The highest BCUT2D eigenvalue weighted by atomic mass is 32.2. The molecule has 0 aliphatic heterocycles. The van der Waals surface area contributed by atoms with Gasteiger partial charge in [0.05, 0.1) is 22.1 Å². The van der Waals surface area contributed by atoms with Crippen molar-refractivity contribution < 1.29 is 13.2 Å². The Morgan fingerprint density at radius 3 is 2.43 bits per heavy atom. The number of carbonyl (C=O) groups is 1. The summed E-state index contributed by atoms with van der Waals surface area (Å²) < 4.78 is 28.5. The van der Waals surface area contributed by atoms with Gasteiger partial charge in [0, 0.05) is 32.2 Å². The van der Waals surface area contributed by atoms with Crippen molar-refractivity contribution in [2.45, 2.75) is 31.3 Å². The summed E-state index contributed by atoms with van der Waals surface area (Å²) in [5, 5.41) is 3.26. The molecular formula is C26H26N4O4S. The number of para-hydroxylation sites is 1. The summed E-state index contributed by atoms with van der Waals surface area (Å²) in [5.74, 6) is -0.293. The second-order valence-corrected chi connectivity index (χ2v) is 10.3. The molecule has 0 aliphatic carbocycles. The summed E-state index contributed by atoms with van der Waals surface area (Å²) in [6.45, 7) is 2.33. The lowest BCUT2D eigenvalue weighted by atomic mass is 10.1. The van der Waals surface area contributed by atoms with Crippen LogP contribution in [0.4, 0.5) is 5.69 Å². The molecule has 1 heterocycles. The van der Waals surface area contributed by atoms with Gasteiger partial charge in [0.15, 0.2) is 0 Å². The number of sulfonamides is 1. The largest absolute Gasteiger partial charge is 0.326 e. The molecule has 0 unspecified atom stereocenters. The summed E-state index contributed by atoms with van der Waals surface area (Å²) in [7, 11) is -2.15. The molecule has 0 bridgehead atoms. The van der Waals surface area contributed by atoms with Crippen molar-refractivity contribution in [1.82, 2.24) is 13.9 Å². The Morgan fingerprint density at radius 2 is 1.71 bits per heavy atom. The molecule has 4 rings (SSSR count). The van der Waals surface area contributed by atoms with Crippen molar-refractivity contribution in [3.63, 3.8) is 0 Å². The third-order valence-electron chi connectivity index (χ3n) is 5.73. The van der Waals surface area contributed by atoms with E-state index in [1.165, 1.54) is 34.4 Å². The number of nitrogens with zero attached hydrogens (tertiary/aromatic N) is 3. The van der Waals surface area contributed by atoms with Crippen LogP contribution in [0, 0.1) is 6.92 Å². The van der Waals surface area contributed by atoms with Crippen LogP contribution in [0.1, 0.15) is 17.5 Å². The SMILES string of the molecule is Cc1cccc2c(=O)n(CCC(=O)Nc3ccc(S(=O)(=O)N(C)Cc4ccccc4)cc3)cnc12. The average molecular weight is 491 g/mol. The van der Waals surface area contributed by atoms with E-state index in [0.29, 0.717) is 16.6 Å². The Bertz CT molecular complexity index is 1520. The molecule has 180 valence electrons. The van der Waals surface area contributed by atoms with Gasteiger partial charge >= 0.3 is 0 Å². The number of amides is 1. The van der Waals surface area contributed by atoms with Gasteiger partial charge in [0.2, 0.25) is 15.9 Å². The zero-order valence-corrected chi connectivity index (χ0v) is 20.3. The number of hydrogen-bond acceptors (Lipinski definition) is 5. The minimum atomic E-state index is -3.68. The van der Waals surface area contributed by atoms with Gasteiger partial charge < -0.3 is 5.32 Å². The Kier molecular flexibility index (Phi) is 7.09. The predicted octanol–water partition coefficient (Wildman–Crippen LogP) is 3.55. The van der Waals surface area contributed by atoms with Crippen LogP contribution in [-0.4, -0.2) is 35.2 Å². The maximum atomic E-state index is 12.9. The first-order valence-corrected chi connectivity index (χ1v) is 12.5. The van der Waals surface area contributed by atoms with Gasteiger partial charge in [-0.2, -0.15) is 4.31 Å². The fourth-order valence-corrected chi connectivity index (χ4v) is 4.92. The topological polar surface area (TPSA) is 101 Å². The number of benzene rings is 3. The highest BCUT2D eigenvalue weighted by Crippen LogP contribution is 2.19. The van der Waals surface area contributed by atoms with E-state index in [-0.39, 0.29) is 35.9 Å². The van der Waals surface area contributed by atoms with Crippen molar-refractivity contribution in [2.75, 3.05) is 12.4 Å². The van der Waals surface area contributed by atoms with Crippen LogP contribution in [0.25, 0.3) is 10.9 Å². The van der Waals surface area contributed by atoms with E-state index in [2.05, 4.69) is 10.3 Å². The van der Waals surface area contributed by atoms with E-state index >= 15 is 0 Å². The highest BCUT2D eigenvalue weighted by molar-refractivity contribution is 7.89. The van der Waals surface area contributed by atoms with Crippen molar-refractivity contribution >= 4 is 32.5 Å². The molecule has 1 N–H and O–H groups in total. The Hall–Kier alpha value is -3.82. The fraction of sp³-hybridized carbons (Fsp3) is 0.192. The Balaban J connectivity index is 1.38. The van der Waals surface area contributed by atoms with Gasteiger partial charge in [-0.25, -0.2) is 13.4 Å². The molecular weight excluding hydrogens is 464 g/mol. The highest BCUT2D eigenvalue weighted by Gasteiger charge is 2.21. The smallest absolute Gasteiger partial charge is 0.261 e. The molecule has 0 spiro atoms. The number of rotatable bonds is 8. The number of hydrogen-bond donors (Lipinski definition) is 1. The predicted molar refractivity (Wildman–Crippen MR) is 136 cm³/mol. The Labute approximate surface area is 203 Å². The van der Waals surface area contributed by atoms with Crippen molar-refractivity contribution in [1.29, 1.82) is 0 Å². The molecule has 0 saturated heterocycles. The first-order valence-electron chi connectivity index (χ1n) is 11.1. The standard InChI is InChI=1S/C26H26N4O4S/c1-19-7-6-10-23-25(19)27-18-30(26(23)32)16-15-24(31)28-21-11-13-22(14-12-21)35(33,34)29(2)17-20-8-4-3-5-9-20/h3-14,18H,15-17H2,1-2H3,(H,28,31). The van der Waals surface area contributed by atoms with Crippen LogP contribution in [-0.2, 0) is 27.9 Å².